The molecule has 0 atom stereocenters. The van der Waals surface area contributed by atoms with E-state index < -0.39 is 5.60 Å². The zero-order chi connectivity index (χ0) is 22.0. The molecule has 8 nitrogen and oxygen atoms in total. The third kappa shape index (κ3) is 5.03. The molecule has 31 heavy (non-hydrogen) atoms. The fraction of sp³-hybridized carbons (Fsp3) is 0.591. The minimum Gasteiger partial charge on any atom is -0.444 e. The molecule has 0 saturated carbocycles. The lowest BCUT2D eigenvalue weighted by Crippen LogP contribution is -2.49. The highest BCUT2D eigenvalue weighted by atomic mass is 32.1. The number of piperidine rings is 1. The molecule has 2 aliphatic rings. The molecule has 4 heterocycles. The molecule has 2 aromatic rings. The molecule has 2 fully saturated rings. The van der Waals surface area contributed by atoms with Crippen molar-refractivity contribution in [1.29, 1.82) is 0 Å². The zero-order valence-corrected chi connectivity index (χ0v) is 19.3. The van der Waals surface area contributed by atoms with Crippen LogP contribution >= 0.6 is 11.3 Å². The van der Waals surface area contributed by atoms with Crippen LogP contribution in [0.2, 0.25) is 0 Å². The Hall–Kier alpha value is -2.55. The van der Waals surface area contributed by atoms with Gasteiger partial charge in [0.15, 0.2) is 5.13 Å². The molecular formula is C22H31N5O3S. The summed E-state index contributed by atoms with van der Waals surface area (Å²) in [6, 6.07) is 4.07. The molecule has 0 aromatic carbocycles. The summed E-state index contributed by atoms with van der Waals surface area (Å²) in [5, 5.41) is 3.00. The van der Waals surface area contributed by atoms with Crippen LogP contribution < -0.4 is 4.90 Å². The quantitative estimate of drug-likeness (QED) is 0.723. The number of hydrogen-bond acceptors (Lipinski definition) is 6. The Bertz CT molecular complexity index is 889. The molecule has 2 aliphatic heterocycles. The van der Waals surface area contributed by atoms with Crippen LogP contribution in [-0.4, -0.2) is 76.2 Å². The summed E-state index contributed by atoms with van der Waals surface area (Å²) >= 11 is 1.63. The smallest absolute Gasteiger partial charge is 0.410 e. The van der Waals surface area contributed by atoms with Crippen LogP contribution in [0.3, 0.4) is 0 Å². The molecule has 9 heteroatoms. The minimum absolute atomic E-state index is 0.0818. The Morgan fingerprint density at radius 3 is 2.39 bits per heavy atom. The van der Waals surface area contributed by atoms with Gasteiger partial charge < -0.3 is 24.0 Å². The highest BCUT2D eigenvalue weighted by Gasteiger charge is 2.30. The van der Waals surface area contributed by atoms with Crippen LogP contribution in [0, 0.1) is 0 Å². The second-order valence-corrected chi connectivity index (χ2v) is 9.97. The maximum atomic E-state index is 13.2. The van der Waals surface area contributed by atoms with E-state index in [2.05, 4.69) is 14.5 Å². The van der Waals surface area contributed by atoms with Gasteiger partial charge in [-0.2, -0.15) is 0 Å². The van der Waals surface area contributed by atoms with Crippen molar-refractivity contribution in [2.24, 2.45) is 0 Å². The molecule has 2 amide bonds. The number of rotatable bonds is 3. The Morgan fingerprint density at radius 1 is 1.06 bits per heavy atom. The third-order valence-corrected chi connectivity index (χ3v) is 6.60. The summed E-state index contributed by atoms with van der Waals surface area (Å²) in [5.41, 5.74) is 0.246. The predicted octanol–water partition coefficient (Wildman–Crippen LogP) is 3.48. The van der Waals surface area contributed by atoms with E-state index in [9.17, 15) is 9.59 Å². The normalized spacial score (nSPS) is 18.4. The number of amides is 2. The largest absolute Gasteiger partial charge is 0.444 e. The van der Waals surface area contributed by atoms with Gasteiger partial charge in [-0.05, 0) is 45.7 Å². The van der Waals surface area contributed by atoms with Gasteiger partial charge in [-0.1, -0.05) is 0 Å². The number of piperazine rings is 1. The highest BCUT2D eigenvalue weighted by molar-refractivity contribution is 7.13. The Morgan fingerprint density at radius 2 is 1.77 bits per heavy atom. The van der Waals surface area contributed by atoms with Crippen molar-refractivity contribution in [3.63, 3.8) is 0 Å². The molecule has 0 N–H and O–H groups in total. The standard InChI is InChI=1S/C22H31N5O3S/c1-22(2,3)30-21(29)26-10-6-17(7-11-26)27-9-4-5-18(27)19(28)24-12-14-25(15-13-24)20-23-8-16-31-20/h4-5,8-9,16-17H,6-7,10-15H2,1-3H3. The van der Waals surface area contributed by atoms with E-state index in [1.807, 2.05) is 55.6 Å². The zero-order valence-electron chi connectivity index (χ0n) is 18.5. The maximum Gasteiger partial charge on any atom is 0.410 e. The monoisotopic (exact) mass is 445 g/mol. The van der Waals surface area contributed by atoms with Gasteiger partial charge in [0.05, 0.1) is 0 Å². The van der Waals surface area contributed by atoms with E-state index in [0.29, 0.717) is 26.2 Å². The van der Waals surface area contributed by atoms with Gasteiger partial charge in [0, 0.05) is 63.1 Å². The Labute approximate surface area is 187 Å². The number of thiazole rings is 1. The van der Waals surface area contributed by atoms with Crippen LogP contribution in [0.4, 0.5) is 9.93 Å². The summed E-state index contributed by atoms with van der Waals surface area (Å²) in [5.74, 6) is 0.0818. The first-order valence-corrected chi connectivity index (χ1v) is 11.8. The number of carbonyl (C=O) groups excluding carboxylic acids is 2. The van der Waals surface area contributed by atoms with Crippen molar-refractivity contribution in [1.82, 2.24) is 19.4 Å². The summed E-state index contributed by atoms with van der Waals surface area (Å²) in [4.78, 5) is 35.9. The van der Waals surface area contributed by atoms with E-state index in [0.717, 1.165) is 36.8 Å². The highest BCUT2D eigenvalue weighted by Crippen LogP contribution is 2.27. The van der Waals surface area contributed by atoms with Crippen LogP contribution in [0.15, 0.2) is 29.9 Å². The van der Waals surface area contributed by atoms with Crippen molar-refractivity contribution in [2.75, 3.05) is 44.2 Å². The van der Waals surface area contributed by atoms with Crippen molar-refractivity contribution < 1.29 is 14.3 Å². The minimum atomic E-state index is -0.489. The average Bonchev–Trinajstić information content (AvgIpc) is 3.44. The van der Waals surface area contributed by atoms with Gasteiger partial charge in [-0.15, -0.1) is 11.3 Å². The predicted molar refractivity (Wildman–Crippen MR) is 121 cm³/mol. The second kappa shape index (κ2) is 8.90. The SMILES string of the molecule is CC(C)(C)OC(=O)N1CCC(n2cccc2C(=O)N2CCN(c3nccs3)CC2)CC1. The van der Waals surface area contributed by atoms with Crippen molar-refractivity contribution in [3.8, 4) is 0 Å². The Kier molecular flexibility index (Phi) is 6.22. The molecule has 0 spiro atoms. The van der Waals surface area contributed by atoms with Crippen LogP contribution in [0.1, 0.15) is 50.1 Å². The lowest BCUT2D eigenvalue weighted by atomic mass is 10.0. The molecule has 2 aromatic heterocycles. The maximum absolute atomic E-state index is 13.2. The van der Waals surface area contributed by atoms with Gasteiger partial charge in [0.1, 0.15) is 11.3 Å². The van der Waals surface area contributed by atoms with Crippen LogP contribution in [-0.2, 0) is 4.74 Å². The van der Waals surface area contributed by atoms with E-state index in [-0.39, 0.29) is 18.0 Å². The first-order valence-electron chi connectivity index (χ1n) is 10.9. The number of likely N-dealkylation sites (tertiary alicyclic amines) is 1. The topological polar surface area (TPSA) is 70.9 Å². The van der Waals surface area contributed by atoms with E-state index in [1.165, 1.54) is 0 Å². The first kappa shape index (κ1) is 21.7. The summed E-state index contributed by atoms with van der Waals surface area (Å²) in [7, 11) is 0. The van der Waals surface area contributed by atoms with Crippen molar-refractivity contribution in [2.45, 2.75) is 45.3 Å². The molecule has 0 radical (unpaired) electrons. The van der Waals surface area contributed by atoms with E-state index >= 15 is 0 Å². The number of carbonyl (C=O) groups is 2. The summed E-state index contributed by atoms with van der Waals surface area (Å²) < 4.78 is 7.59. The van der Waals surface area contributed by atoms with Gasteiger partial charge in [-0.3, -0.25) is 4.79 Å². The molecule has 0 unspecified atom stereocenters. The fourth-order valence-electron chi connectivity index (χ4n) is 4.18. The Balaban J connectivity index is 1.34. The molecule has 4 rings (SSSR count). The van der Waals surface area contributed by atoms with Gasteiger partial charge >= 0.3 is 6.09 Å². The van der Waals surface area contributed by atoms with E-state index in [4.69, 9.17) is 4.74 Å². The number of hydrogen-bond donors (Lipinski definition) is 0. The molecular weight excluding hydrogens is 414 g/mol. The van der Waals surface area contributed by atoms with E-state index in [1.54, 1.807) is 16.2 Å². The lowest BCUT2D eigenvalue weighted by Gasteiger charge is -2.36. The van der Waals surface area contributed by atoms with Crippen LogP contribution in [0.5, 0.6) is 0 Å². The average molecular weight is 446 g/mol. The first-order chi connectivity index (χ1) is 14.8. The van der Waals surface area contributed by atoms with Crippen LogP contribution in [0.25, 0.3) is 0 Å². The van der Waals surface area contributed by atoms with Gasteiger partial charge in [0.2, 0.25) is 0 Å². The van der Waals surface area contributed by atoms with Crippen molar-refractivity contribution in [3.05, 3.63) is 35.6 Å². The summed E-state index contributed by atoms with van der Waals surface area (Å²) in [6.07, 6.45) is 5.18. The molecule has 0 aliphatic carbocycles. The number of aromatic nitrogens is 2. The van der Waals surface area contributed by atoms with Gasteiger partial charge in [0.25, 0.3) is 5.91 Å². The third-order valence-electron chi connectivity index (χ3n) is 5.76. The number of nitrogens with zero attached hydrogens (tertiary/aromatic N) is 5. The fourth-order valence-corrected chi connectivity index (χ4v) is 4.88. The van der Waals surface area contributed by atoms with Gasteiger partial charge in [-0.25, -0.2) is 9.78 Å². The molecule has 0 bridgehead atoms. The molecule has 168 valence electrons. The van der Waals surface area contributed by atoms with Crippen molar-refractivity contribution >= 4 is 28.5 Å². The lowest BCUT2D eigenvalue weighted by molar-refractivity contribution is 0.0186. The summed E-state index contributed by atoms with van der Waals surface area (Å²) in [6.45, 7) is 9.91. The number of anilines is 1. The molecule has 2 saturated heterocycles. The second-order valence-electron chi connectivity index (χ2n) is 9.09. The number of ether oxygens (including phenoxy) is 1.